The molecule has 0 radical (unpaired) electrons. The van der Waals surface area contributed by atoms with Crippen LogP contribution < -0.4 is 0 Å². The number of amides is 1. The summed E-state index contributed by atoms with van der Waals surface area (Å²) in [6.07, 6.45) is 6.73. The molecule has 2 heterocycles. The Labute approximate surface area is 200 Å². The van der Waals surface area contributed by atoms with E-state index in [9.17, 15) is 18.7 Å². The van der Waals surface area contributed by atoms with Crippen molar-refractivity contribution < 1.29 is 18.7 Å². The number of aliphatic hydroxyl groups excluding tert-OH is 1. The third kappa shape index (κ3) is 7.89. The molecule has 1 aliphatic rings. The van der Waals surface area contributed by atoms with E-state index in [1.807, 2.05) is 30.5 Å². The van der Waals surface area contributed by atoms with E-state index in [0.717, 1.165) is 38.5 Å². The molecule has 182 valence electrons. The van der Waals surface area contributed by atoms with Gasteiger partial charge in [0.1, 0.15) is 0 Å². The number of aryl methyl sites for hydroxylation is 2. The Bertz CT molecular complexity index is 828. The van der Waals surface area contributed by atoms with E-state index in [0.29, 0.717) is 25.8 Å². The molecule has 1 saturated heterocycles. The van der Waals surface area contributed by atoms with Crippen LogP contribution in [0.2, 0.25) is 0 Å². The van der Waals surface area contributed by atoms with Gasteiger partial charge in [-0.2, -0.15) is 8.78 Å². The zero-order valence-electron chi connectivity index (χ0n) is 19.6. The van der Waals surface area contributed by atoms with Crippen molar-refractivity contribution in [2.24, 2.45) is 5.92 Å². The molecule has 1 fully saturated rings. The smallest absolute Gasteiger partial charge is 0.326 e. The molecule has 1 amide bonds. The molecule has 1 aromatic heterocycles. The lowest BCUT2D eigenvalue weighted by Crippen LogP contribution is -2.37. The van der Waals surface area contributed by atoms with Gasteiger partial charge in [-0.25, -0.2) is 0 Å². The summed E-state index contributed by atoms with van der Waals surface area (Å²) in [6, 6.07) is 14.0. The van der Waals surface area contributed by atoms with E-state index in [2.05, 4.69) is 24.3 Å². The van der Waals surface area contributed by atoms with Gasteiger partial charge in [-0.15, -0.1) is 11.3 Å². The molecule has 0 unspecified atom stereocenters. The minimum Gasteiger partial charge on any atom is -0.393 e. The van der Waals surface area contributed by atoms with Gasteiger partial charge >= 0.3 is 5.92 Å². The molecule has 1 N–H and O–H groups in total. The first kappa shape index (κ1) is 25.8. The third-order valence-electron chi connectivity index (χ3n) is 6.83. The zero-order chi connectivity index (χ0) is 23.7. The van der Waals surface area contributed by atoms with Gasteiger partial charge < -0.3 is 10.0 Å². The summed E-state index contributed by atoms with van der Waals surface area (Å²) in [5.74, 6) is -4.19. The Balaban J connectivity index is 1.37. The van der Waals surface area contributed by atoms with Gasteiger partial charge in [0.2, 0.25) is 0 Å². The van der Waals surface area contributed by atoms with Crippen LogP contribution in [0.5, 0.6) is 0 Å². The molecule has 3 atom stereocenters. The van der Waals surface area contributed by atoms with Gasteiger partial charge in [-0.05, 0) is 67.9 Å². The fourth-order valence-electron chi connectivity index (χ4n) is 4.75. The number of likely N-dealkylation sites (tertiary alicyclic amines) is 1. The molecular formula is C27H37F2NO2S. The van der Waals surface area contributed by atoms with Crippen LogP contribution >= 0.6 is 11.3 Å². The molecule has 33 heavy (non-hydrogen) atoms. The molecular weight excluding hydrogens is 440 g/mol. The molecule has 0 bridgehead atoms. The first-order chi connectivity index (χ1) is 15.9. The second kappa shape index (κ2) is 12.6. The van der Waals surface area contributed by atoms with Crippen LogP contribution in [0.25, 0.3) is 0 Å². The second-order valence-electron chi connectivity index (χ2n) is 9.45. The molecule has 0 saturated carbocycles. The van der Waals surface area contributed by atoms with Crippen LogP contribution in [-0.2, 0) is 17.6 Å². The highest BCUT2D eigenvalue weighted by molar-refractivity contribution is 7.09. The lowest BCUT2D eigenvalue weighted by molar-refractivity contribution is -0.148. The van der Waals surface area contributed by atoms with Crippen molar-refractivity contribution in [1.82, 2.24) is 4.90 Å². The van der Waals surface area contributed by atoms with E-state index in [-0.39, 0.29) is 5.92 Å². The summed E-state index contributed by atoms with van der Waals surface area (Å²) in [5, 5.41) is 12.6. The Kier molecular flexibility index (Phi) is 9.87. The SMILES string of the molecule is C[C@H](CCCCCc1ccccc1)[C@H](O)CC[C@H]1CC(F)(F)C(=O)N1CCCc1cccs1. The molecule has 1 aromatic carbocycles. The van der Waals surface area contributed by atoms with Crippen molar-refractivity contribution in [1.29, 1.82) is 0 Å². The number of alkyl halides is 2. The lowest BCUT2D eigenvalue weighted by Gasteiger charge is -2.26. The minimum atomic E-state index is -3.27. The van der Waals surface area contributed by atoms with Crippen LogP contribution in [0.4, 0.5) is 8.78 Å². The van der Waals surface area contributed by atoms with E-state index in [4.69, 9.17) is 0 Å². The number of thiophene rings is 1. The first-order valence-corrected chi connectivity index (χ1v) is 13.2. The summed E-state index contributed by atoms with van der Waals surface area (Å²) in [4.78, 5) is 14.8. The maximum atomic E-state index is 14.1. The maximum Gasteiger partial charge on any atom is 0.326 e. The summed E-state index contributed by atoms with van der Waals surface area (Å²) in [7, 11) is 0. The molecule has 1 aliphatic heterocycles. The van der Waals surface area contributed by atoms with Gasteiger partial charge in [-0.3, -0.25) is 4.79 Å². The van der Waals surface area contributed by atoms with Crippen molar-refractivity contribution in [2.45, 2.75) is 89.2 Å². The minimum absolute atomic E-state index is 0.131. The number of rotatable bonds is 14. The van der Waals surface area contributed by atoms with Gasteiger partial charge in [-0.1, -0.05) is 56.2 Å². The molecule has 6 heteroatoms. The van der Waals surface area contributed by atoms with Crippen molar-refractivity contribution >= 4 is 17.2 Å². The van der Waals surface area contributed by atoms with Crippen LogP contribution in [0.15, 0.2) is 47.8 Å². The Morgan fingerprint density at radius 2 is 1.85 bits per heavy atom. The van der Waals surface area contributed by atoms with Crippen molar-refractivity contribution in [3.8, 4) is 0 Å². The highest BCUT2D eigenvalue weighted by atomic mass is 32.1. The normalized spacial score (nSPS) is 19.7. The van der Waals surface area contributed by atoms with Crippen LogP contribution in [0, 0.1) is 5.92 Å². The van der Waals surface area contributed by atoms with Crippen molar-refractivity contribution in [3.05, 3.63) is 58.3 Å². The molecule has 2 aromatic rings. The monoisotopic (exact) mass is 477 g/mol. The van der Waals surface area contributed by atoms with Crippen LogP contribution in [-0.4, -0.2) is 40.5 Å². The largest absolute Gasteiger partial charge is 0.393 e. The van der Waals surface area contributed by atoms with Crippen molar-refractivity contribution in [3.63, 3.8) is 0 Å². The van der Waals surface area contributed by atoms with E-state index < -0.39 is 30.4 Å². The van der Waals surface area contributed by atoms with Crippen molar-refractivity contribution in [2.75, 3.05) is 6.54 Å². The fraction of sp³-hybridized carbons (Fsp3) is 0.593. The summed E-state index contributed by atoms with van der Waals surface area (Å²) < 4.78 is 28.3. The quantitative estimate of drug-likeness (QED) is 0.316. The van der Waals surface area contributed by atoms with Gasteiger partial charge in [0.15, 0.2) is 0 Å². The third-order valence-corrected chi connectivity index (χ3v) is 7.77. The standard InChI is InChI=1S/C27H37F2NO2S/c1-21(10-4-2-5-11-22-12-6-3-7-13-22)25(31)17-16-23-20-27(28,29)26(32)30(23)18-8-14-24-15-9-19-33-24/h3,6-7,9,12-13,15,19,21,23,25,31H,2,4-5,8,10-11,14,16-18,20H2,1H3/t21-,23+,25-/m1/s1. The van der Waals surface area contributed by atoms with Gasteiger partial charge in [0.25, 0.3) is 5.91 Å². The molecule has 3 nitrogen and oxygen atoms in total. The zero-order valence-corrected chi connectivity index (χ0v) is 20.4. The number of hydrogen-bond acceptors (Lipinski definition) is 3. The molecule has 0 spiro atoms. The second-order valence-corrected chi connectivity index (χ2v) is 10.5. The summed E-state index contributed by atoms with van der Waals surface area (Å²) in [6.45, 7) is 2.39. The maximum absolute atomic E-state index is 14.1. The number of nitrogens with zero attached hydrogens (tertiary/aromatic N) is 1. The lowest BCUT2D eigenvalue weighted by atomic mass is 9.92. The number of unbranched alkanes of at least 4 members (excludes halogenated alkanes) is 2. The number of aliphatic hydroxyl groups is 1. The van der Waals surface area contributed by atoms with Crippen LogP contribution in [0.1, 0.15) is 68.7 Å². The van der Waals surface area contributed by atoms with Gasteiger partial charge in [0.05, 0.1) is 6.10 Å². The predicted octanol–water partition coefficient (Wildman–Crippen LogP) is 6.50. The number of carbonyl (C=O) groups excluding carboxylic acids is 1. The van der Waals surface area contributed by atoms with Crippen LogP contribution in [0.3, 0.4) is 0 Å². The van der Waals surface area contributed by atoms with E-state index in [1.54, 1.807) is 11.3 Å². The Hall–Kier alpha value is -1.79. The number of carbonyl (C=O) groups is 1. The summed E-state index contributed by atoms with van der Waals surface area (Å²) in [5.41, 5.74) is 1.36. The topological polar surface area (TPSA) is 40.5 Å². The Morgan fingerprint density at radius 3 is 2.58 bits per heavy atom. The molecule has 3 rings (SSSR count). The average molecular weight is 478 g/mol. The Morgan fingerprint density at radius 1 is 1.06 bits per heavy atom. The number of hydrogen-bond donors (Lipinski definition) is 1. The highest BCUT2D eigenvalue weighted by Crippen LogP contribution is 2.36. The average Bonchev–Trinajstić information content (AvgIpc) is 3.39. The van der Waals surface area contributed by atoms with E-state index in [1.165, 1.54) is 15.3 Å². The predicted molar refractivity (Wildman–Crippen MR) is 131 cm³/mol. The highest BCUT2D eigenvalue weighted by Gasteiger charge is 2.52. The number of benzene rings is 1. The number of halogens is 2. The molecule has 0 aliphatic carbocycles. The first-order valence-electron chi connectivity index (χ1n) is 12.3. The fourth-order valence-corrected chi connectivity index (χ4v) is 5.50. The van der Waals surface area contributed by atoms with Gasteiger partial charge in [0, 0.05) is 23.9 Å². The van der Waals surface area contributed by atoms with E-state index >= 15 is 0 Å². The summed E-state index contributed by atoms with van der Waals surface area (Å²) >= 11 is 1.65.